The summed E-state index contributed by atoms with van der Waals surface area (Å²) in [7, 11) is 1.81. The largest absolute Gasteiger partial charge is 0.395 e. The van der Waals surface area contributed by atoms with Crippen LogP contribution in [0.1, 0.15) is 48.2 Å². The van der Waals surface area contributed by atoms with Gasteiger partial charge in [-0.2, -0.15) is 0 Å². The van der Waals surface area contributed by atoms with Gasteiger partial charge in [0.15, 0.2) is 0 Å². The number of nitrogens with zero attached hydrogens (tertiary/aromatic N) is 2. The Hall–Kier alpha value is -1.62. The highest BCUT2D eigenvalue weighted by atomic mass is 16.3. The topological polar surface area (TPSA) is 65.5 Å². The Morgan fingerprint density at radius 2 is 2.14 bits per heavy atom. The fourth-order valence-corrected chi connectivity index (χ4v) is 3.04. The number of carbonyl (C=O) groups is 1. The molecular formula is C16H25N3O2. The van der Waals surface area contributed by atoms with Crippen molar-refractivity contribution in [2.75, 3.05) is 25.5 Å². The van der Waals surface area contributed by atoms with Crippen molar-refractivity contribution in [1.29, 1.82) is 0 Å². The van der Waals surface area contributed by atoms with E-state index < -0.39 is 0 Å². The SMILES string of the molecule is CNc1cc(C)ncc1C(=O)N(CCO)C1CCCCC1. The van der Waals surface area contributed by atoms with Crippen molar-refractivity contribution in [2.45, 2.75) is 45.1 Å². The highest BCUT2D eigenvalue weighted by molar-refractivity contribution is 5.99. The summed E-state index contributed by atoms with van der Waals surface area (Å²) in [4.78, 5) is 18.9. The predicted molar refractivity (Wildman–Crippen MR) is 83.5 cm³/mol. The lowest BCUT2D eigenvalue weighted by atomic mass is 9.93. The first kappa shape index (κ1) is 15.8. The van der Waals surface area contributed by atoms with E-state index >= 15 is 0 Å². The molecule has 2 rings (SSSR count). The van der Waals surface area contributed by atoms with Crippen molar-refractivity contribution in [3.05, 3.63) is 23.5 Å². The summed E-state index contributed by atoms with van der Waals surface area (Å²) in [5, 5.41) is 12.4. The van der Waals surface area contributed by atoms with Crippen molar-refractivity contribution < 1.29 is 9.90 Å². The zero-order valence-corrected chi connectivity index (χ0v) is 12.9. The number of aromatic nitrogens is 1. The standard InChI is InChI=1S/C16H25N3O2/c1-12-10-15(17-2)14(11-18-12)16(21)19(8-9-20)13-6-4-3-5-7-13/h10-11,13,20H,3-9H2,1-2H3,(H,17,18). The fraction of sp³-hybridized carbons (Fsp3) is 0.625. The number of hydrogen-bond donors (Lipinski definition) is 2. The Bertz CT molecular complexity index is 484. The Morgan fingerprint density at radius 3 is 2.76 bits per heavy atom. The molecule has 1 amide bonds. The molecule has 1 aliphatic rings. The summed E-state index contributed by atoms with van der Waals surface area (Å²) >= 11 is 0. The molecule has 1 aromatic heterocycles. The first-order valence-corrected chi connectivity index (χ1v) is 7.73. The molecule has 0 saturated heterocycles. The summed E-state index contributed by atoms with van der Waals surface area (Å²) in [5.74, 6) is -0.0344. The first-order chi connectivity index (χ1) is 10.2. The van der Waals surface area contributed by atoms with E-state index in [1.807, 2.05) is 24.9 Å². The van der Waals surface area contributed by atoms with E-state index in [0.717, 1.165) is 37.1 Å². The van der Waals surface area contributed by atoms with Crippen molar-refractivity contribution in [2.24, 2.45) is 0 Å². The number of pyridine rings is 1. The van der Waals surface area contributed by atoms with E-state index in [9.17, 15) is 9.90 Å². The number of hydrogen-bond acceptors (Lipinski definition) is 4. The lowest BCUT2D eigenvalue weighted by Crippen LogP contribution is -2.43. The number of aliphatic hydroxyl groups is 1. The van der Waals surface area contributed by atoms with Crippen LogP contribution >= 0.6 is 0 Å². The molecule has 5 nitrogen and oxygen atoms in total. The van der Waals surface area contributed by atoms with E-state index in [1.165, 1.54) is 6.42 Å². The highest BCUT2D eigenvalue weighted by Gasteiger charge is 2.27. The second kappa shape index (κ2) is 7.41. The van der Waals surface area contributed by atoms with E-state index in [-0.39, 0.29) is 18.6 Å². The van der Waals surface area contributed by atoms with Crippen LogP contribution in [0.25, 0.3) is 0 Å². The van der Waals surface area contributed by atoms with Crippen LogP contribution in [0.3, 0.4) is 0 Å². The third-order valence-corrected chi connectivity index (χ3v) is 4.16. The zero-order valence-electron chi connectivity index (χ0n) is 12.9. The average Bonchev–Trinajstić information content (AvgIpc) is 2.52. The van der Waals surface area contributed by atoms with Crippen LogP contribution in [0.5, 0.6) is 0 Å². The summed E-state index contributed by atoms with van der Waals surface area (Å²) in [6.07, 6.45) is 7.25. The normalized spacial score (nSPS) is 15.8. The molecule has 1 aliphatic carbocycles. The molecule has 1 heterocycles. The summed E-state index contributed by atoms with van der Waals surface area (Å²) in [6, 6.07) is 2.12. The van der Waals surface area contributed by atoms with E-state index in [1.54, 1.807) is 6.20 Å². The van der Waals surface area contributed by atoms with Gasteiger partial charge in [-0.15, -0.1) is 0 Å². The molecule has 5 heteroatoms. The second-order valence-electron chi connectivity index (χ2n) is 5.64. The maximum Gasteiger partial charge on any atom is 0.257 e. The molecule has 1 saturated carbocycles. The molecule has 116 valence electrons. The predicted octanol–water partition coefficient (Wildman–Crippen LogP) is 2.20. The summed E-state index contributed by atoms with van der Waals surface area (Å²) < 4.78 is 0. The van der Waals surface area contributed by atoms with Crippen molar-refractivity contribution in [3.63, 3.8) is 0 Å². The van der Waals surface area contributed by atoms with Gasteiger partial charge >= 0.3 is 0 Å². The van der Waals surface area contributed by atoms with Crippen molar-refractivity contribution in [1.82, 2.24) is 9.88 Å². The van der Waals surface area contributed by atoms with Crippen LogP contribution in [-0.4, -0.2) is 47.1 Å². The molecule has 2 N–H and O–H groups in total. The Balaban J connectivity index is 2.25. The van der Waals surface area contributed by atoms with Crippen LogP contribution in [0.4, 0.5) is 5.69 Å². The van der Waals surface area contributed by atoms with Gasteiger partial charge in [0.2, 0.25) is 0 Å². The molecule has 0 aliphatic heterocycles. The minimum atomic E-state index is -0.0344. The van der Waals surface area contributed by atoms with E-state index in [2.05, 4.69) is 10.3 Å². The Labute approximate surface area is 126 Å². The molecule has 0 bridgehead atoms. The van der Waals surface area contributed by atoms with Crippen LogP contribution in [-0.2, 0) is 0 Å². The smallest absolute Gasteiger partial charge is 0.257 e. The molecule has 0 spiro atoms. The van der Waals surface area contributed by atoms with Crippen LogP contribution in [0, 0.1) is 6.92 Å². The van der Waals surface area contributed by atoms with Crippen LogP contribution < -0.4 is 5.32 Å². The van der Waals surface area contributed by atoms with Gasteiger partial charge in [-0.25, -0.2) is 0 Å². The maximum atomic E-state index is 12.9. The van der Waals surface area contributed by atoms with E-state index in [0.29, 0.717) is 12.1 Å². The molecule has 1 aromatic rings. The van der Waals surface area contributed by atoms with Gasteiger partial charge in [-0.1, -0.05) is 19.3 Å². The first-order valence-electron chi connectivity index (χ1n) is 7.73. The molecule has 21 heavy (non-hydrogen) atoms. The Kier molecular flexibility index (Phi) is 5.56. The maximum absolute atomic E-state index is 12.9. The minimum Gasteiger partial charge on any atom is -0.395 e. The van der Waals surface area contributed by atoms with Gasteiger partial charge in [0, 0.05) is 31.5 Å². The molecule has 0 unspecified atom stereocenters. The van der Waals surface area contributed by atoms with Gasteiger partial charge in [0.05, 0.1) is 17.9 Å². The number of nitrogens with one attached hydrogen (secondary N) is 1. The van der Waals surface area contributed by atoms with Gasteiger partial charge in [0.25, 0.3) is 5.91 Å². The lowest BCUT2D eigenvalue weighted by molar-refractivity contribution is 0.0586. The minimum absolute atomic E-state index is 0.00355. The number of amides is 1. The van der Waals surface area contributed by atoms with Crippen molar-refractivity contribution in [3.8, 4) is 0 Å². The summed E-state index contributed by atoms with van der Waals surface area (Å²) in [5.41, 5.74) is 2.26. The zero-order chi connectivity index (χ0) is 15.2. The molecule has 1 fully saturated rings. The molecular weight excluding hydrogens is 266 g/mol. The van der Waals surface area contributed by atoms with Crippen LogP contribution in [0.15, 0.2) is 12.3 Å². The van der Waals surface area contributed by atoms with Gasteiger partial charge < -0.3 is 15.3 Å². The third kappa shape index (κ3) is 3.73. The average molecular weight is 291 g/mol. The highest BCUT2D eigenvalue weighted by Crippen LogP contribution is 2.25. The van der Waals surface area contributed by atoms with Gasteiger partial charge in [-0.05, 0) is 25.8 Å². The number of aryl methyl sites for hydroxylation is 1. The Morgan fingerprint density at radius 1 is 1.43 bits per heavy atom. The number of carbonyl (C=O) groups excluding carboxylic acids is 1. The monoisotopic (exact) mass is 291 g/mol. The lowest BCUT2D eigenvalue weighted by Gasteiger charge is -2.34. The number of anilines is 1. The molecule has 0 radical (unpaired) electrons. The number of aliphatic hydroxyl groups excluding tert-OH is 1. The van der Waals surface area contributed by atoms with Crippen molar-refractivity contribution >= 4 is 11.6 Å². The molecule has 0 atom stereocenters. The van der Waals surface area contributed by atoms with Gasteiger partial charge in [0.1, 0.15) is 0 Å². The van der Waals surface area contributed by atoms with Gasteiger partial charge in [-0.3, -0.25) is 9.78 Å². The molecule has 0 aromatic carbocycles. The third-order valence-electron chi connectivity index (χ3n) is 4.16. The fourth-order valence-electron chi connectivity index (χ4n) is 3.04. The van der Waals surface area contributed by atoms with E-state index in [4.69, 9.17) is 0 Å². The quantitative estimate of drug-likeness (QED) is 0.873. The summed E-state index contributed by atoms with van der Waals surface area (Å²) in [6.45, 7) is 2.29. The number of rotatable bonds is 5. The van der Waals surface area contributed by atoms with Crippen LogP contribution in [0.2, 0.25) is 0 Å². The second-order valence-corrected chi connectivity index (χ2v) is 5.64.